The van der Waals surface area contributed by atoms with Crippen LogP contribution in [0, 0.1) is 10.1 Å². The Kier molecular flexibility index (Phi) is 6.33. The van der Waals surface area contributed by atoms with Crippen molar-refractivity contribution in [2.75, 3.05) is 50.1 Å². The van der Waals surface area contributed by atoms with E-state index in [1.807, 2.05) is 24.3 Å². The molecule has 148 valence electrons. The van der Waals surface area contributed by atoms with E-state index in [-0.39, 0.29) is 23.8 Å². The van der Waals surface area contributed by atoms with Gasteiger partial charge in [0.05, 0.1) is 55.0 Å². The number of halogens is 1. The quantitative estimate of drug-likeness (QED) is 0.563. The molecule has 0 aromatic heterocycles. The lowest BCUT2D eigenvalue weighted by Crippen LogP contribution is -3.15. The standard InChI is InChI=1S/C19H21ClN4O4/c1-28-14-6-7-16(18(12-14)24(26)27)21-19(25)13-22-8-10-23(11-9-22)17-5-3-2-4-15(17)20/h2-7,12H,8-11,13H2,1H3,(H,21,25)/p+1. The number of nitro benzene ring substituents is 1. The summed E-state index contributed by atoms with van der Waals surface area (Å²) in [5, 5.41) is 14.6. The number of quaternary nitrogens is 1. The highest BCUT2D eigenvalue weighted by Gasteiger charge is 2.24. The summed E-state index contributed by atoms with van der Waals surface area (Å²) in [7, 11) is 1.43. The van der Waals surface area contributed by atoms with E-state index in [9.17, 15) is 14.9 Å². The number of rotatable bonds is 6. The molecule has 9 heteroatoms. The Morgan fingerprint density at radius 2 is 2.00 bits per heavy atom. The number of hydrogen-bond acceptors (Lipinski definition) is 5. The molecule has 1 fully saturated rings. The molecule has 0 aliphatic carbocycles. The molecule has 0 bridgehead atoms. The fourth-order valence-corrected chi connectivity index (χ4v) is 3.52. The molecule has 1 saturated heterocycles. The highest BCUT2D eigenvalue weighted by Crippen LogP contribution is 2.29. The van der Waals surface area contributed by atoms with Gasteiger partial charge in [0.15, 0.2) is 6.54 Å². The molecular formula is C19H22ClN4O4+. The zero-order valence-electron chi connectivity index (χ0n) is 15.5. The minimum atomic E-state index is -0.534. The summed E-state index contributed by atoms with van der Waals surface area (Å²) >= 11 is 6.25. The molecule has 1 aliphatic rings. The molecule has 0 saturated carbocycles. The number of carbonyl (C=O) groups excluding carboxylic acids is 1. The molecule has 2 N–H and O–H groups in total. The number of para-hydroxylation sites is 1. The van der Waals surface area contributed by atoms with Crippen LogP contribution >= 0.6 is 11.6 Å². The van der Waals surface area contributed by atoms with Crippen LogP contribution in [0.15, 0.2) is 42.5 Å². The number of nitrogens with one attached hydrogen (secondary N) is 2. The van der Waals surface area contributed by atoms with Gasteiger partial charge in [0, 0.05) is 0 Å². The van der Waals surface area contributed by atoms with Crippen LogP contribution in [0.1, 0.15) is 0 Å². The van der Waals surface area contributed by atoms with Gasteiger partial charge in [-0.25, -0.2) is 0 Å². The van der Waals surface area contributed by atoms with Crippen LogP contribution in [0.4, 0.5) is 17.1 Å². The number of amides is 1. The number of benzene rings is 2. The summed E-state index contributed by atoms with van der Waals surface area (Å²) in [6.07, 6.45) is 0. The summed E-state index contributed by atoms with van der Waals surface area (Å²) in [6, 6.07) is 12.1. The fourth-order valence-electron chi connectivity index (χ4n) is 3.27. The number of piperazine rings is 1. The largest absolute Gasteiger partial charge is 0.496 e. The molecular weight excluding hydrogens is 384 g/mol. The van der Waals surface area contributed by atoms with Crippen molar-refractivity contribution in [3.63, 3.8) is 0 Å². The maximum atomic E-state index is 12.4. The Labute approximate surface area is 167 Å². The summed E-state index contributed by atoms with van der Waals surface area (Å²) in [5.41, 5.74) is 0.984. The number of carbonyl (C=O) groups is 1. The highest BCUT2D eigenvalue weighted by atomic mass is 35.5. The topological polar surface area (TPSA) is 89.2 Å². The lowest BCUT2D eigenvalue weighted by molar-refractivity contribution is -0.892. The molecule has 0 atom stereocenters. The van der Waals surface area contributed by atoms with E-state index < -0.39 is 4.92 Å². The van der Waals surface area contributed by atoms with Gasteiger partial charge in [-0.2, -0.15) is 0 Å². The molecule has 28 heavy (non-hydrogen) atoms. The van der Waals surface area contributed by atoms with E-state index in [1.54, 1.807) is 6.07 Å². The van der Waals surface area contributed by atoms with Gasteiger partial charge in [-0.15, -0.1) is 0 Å². The first-order valence-electron chi connectivity index (χ1n) is 8.93. The maximum absolute atomic E-state index is 12.4. The van der Waals surface area contributed by atoms with Crippen LogP contribution in [0.3, 0.4) is 0 Å². The van der Waals surface area contributed by atoms with Crippen molar-refractivity contribution in [3.05, 3.63) is 57.6 Å². The van der Waals surface area contributed by atoms with Crippen LogP contribution in [0.5, 0.6) is 5.75 Å². The van der Waals surface area contributed by atoms with E-state index >= 15 is 0 Å². The third kappa shape index (κ3) is 4.71. The van der Waals surface area contributed by atoms with E-state index in [0.29, 0.717) is 5.75 Å². The van der Waals surface area contributed by atoms with E-state index in [4.69, 9.17) is 16.3 Å². The lowest BCUT2D eigenvalue weighted by Gasteiger charge is -2.33. The Hall–Kier alpha value is -2.84. The van der Waals surface area contributed by atoms with Crippen LogP contribution in [0.2, 0.25) is 5.02 Å². The molecule has 0 radical (unpaired) electrons. The first kappa shape index (κ1) is 19.9. The highest BCUT2D eigenvalue weighted by molar-refractivity contribution is 6.33. The first-order valence-corrected chi connectivity index (χ1v) is 9.31. The van der Waals surface area contributed by atoms with Gasteiger partial charge < -0.3 is 19.9 Å². The van der Waals surface area contributed by atoms with Crippen molar-refractivity contribution in [3.8, 4) is 5.75 Å². The fraction of sp³-hybridized carbons (Fsp3) is 0.316. The van der Waals surface area contributed by atoms with Crippen molar-refractivity contribution < 1.29 is 19.4 Å². The van der Waals surface area contributed by atoms with Gasteiger partial charge in [0.2, 0.25) is 0 Å². The Morgan fingerprint density at radius 3 is 2.64 bits per heavy atom. The second kappa shape index (κ2) is 8.90. The van der Waals surface area contributed by atoms with Crippen molar-refractivity contribution in [1.82, 2.24) is 0 Å². The molecule has 0 spiro atoms. The van der Waals surface area contributed by atoms with Gasteiger partial charge in [-0.1, -0.05) is 23.7 Å². The molecule has 1 aliphatic heterocycles. The summed E-state index contributed by atoms with van der Waals surface area (Å²) in [5.74, 6) is 0.112. The summed E-state index contributed by atoms with van der Waals surface area (Å²) in [4.78, 5) is 26.4. The molecule has 1 heterocycles. The van der Waals surface area contributed by atoms with Gasteiger partial charge in [-0.05, 0) is 24.3 Å². The lowest BCUT2D eigenvalue weighted by atomic mass is 10.2. The number of ether oxygens (including phenoxy) is 1. The van der Waals surface area contributed by atoms with Gasteiger partial charge >= 0.3 is 0 Å². The smallest absolute Gasteiger partial charge is 0.296 e. The molecule has 1 amide bonds. The molecule has 0 unspecified atom stereocenters. The Morgan fingerprint density at radius 1 is 1.29 bits per heavy atom. The number of hydrogen-bond donors (Lipinski definition) is 2. The average Bonchev–Trinajstić information content (AvgIpc) is 2.69. The number of nitro groups is 1. The van der Waals surface area contributed by atoms with Crippen molar-refractivity contribution in [2.45, 2.75) is 0 Å². The predicted molar refractivity (Wildman–Crippen MR) is 108 cm³/mol. The third-order valence-corrected chi connectivity index (χ3v) is 5.07. The Balaban J connectivity index is 1.57. The van der Waals surface area contributed by atoms with E-state index in [2.05, 4.69) is 10.2 Å². The first-order chi connectivity index (χ1) is 13.5. The number of nitrogens with zero attached hydrogens (tertiary/aromatic N) is 2. The molecule has 2 aromatic rings. The van der Waals surface area contributed by atoms with Crippen LogP contribution < -0.4 is 19.9 Å². The van der Waals surface area contributed by atoms with Crippen molar-refractivity contribution in [1.29, 1.82) is 0 Å². The van der Waals surface area contributed by atoms with Crippen molar-refractivity contribution >= 4 is 34.6 Å². The van der Waals surface area contributed by atoms with E-state index in [0.717, 1.165) is 41.8 Å². The van der Waals surface area contributed by atoms with Gasteiger partial charge in [0.1, 0.15) is 11.4 Å². The molecule has 2 aromatic carbocycles. The SMILES string of the molecule is COc1ccc(NC(=O)C[NH+]2CCN(c3ccccc3Cl)CC2)c([N+](=O)[O-])c1. The van der Waals surface area contributed by atoms with Crippen LogP contribution in [0.25, 0.3) is 0 Å². The minimum Gasteiger partial charge on any atom is -0.496 e. The second-order valence-electron chi connectivity index (χ2n) is 6.55. The molecule has 3 rings (SSSR count). The van der Waals surface area contributed by atoms with Gasteiger partial charge in [-0.3, -0.25) is 14.9 Å². The minimum absolute atomic E-state index is 0.171. The average molecular weight is 406 g/mol. The predicted octanol–water partition coefficient (Wildman–Crippen LogP) is 1.60. The normalized spacial score (nSPS) is 14.6. The number of methoxy groups -OCH3 is 1. The van der Waals surface area contributed by atoms with Crippen LogP contribution in [-0.2, 0) is 4.79 Å². The van der Waals surface area contributed by atoms with Crippen molar-refractivity contribution in [2.24, 2.45) is 0 Å². The Bertz CT molecular complexity index is 869. The van der Waals surface area contributed by atoms with E-state index in [1.165, 1.54) is 19.2 Å². The number of anilines is 2. The van der Waals surface area contributed by atoms with Gasteiger partial charge in [0.25, 0.3) is 11.6 Å². The summed E-state index contributed by atoms with van der Waals surface area (Å²) in [6.45, 7) is 3.39. The monoisotopic (exact) mass is 405 g/mol. The summed E-state index contributed by atoms with van der Waals surface area (Å²) < 4.78 is 5.01. The second-order valence-corrected chi connectivity index (χ2v) is 6.96. The third-order valence-electron chi connectivity index (χ3n) is 4.75. The zero-order valence-corrected chi connectivity index (χ0v) is 16.2. The molecule has 8 nitrogen and oxygen atoms in total. The zero-order chi connectivity index (χ0) is 20.1. The van der Waals surface area contributed by atoms with Crippen LogP contribution in [-0.4, -0.2) is 50.7 Å². The maximum Gasteiger partial charge on any atom is 0.296 e.